The van der Waals surface area contributed by atoms with Crippen LogP contribution in [-0.4, -0.2) is 74.0 Å². The van der Waals surface area contributed by atoms with E-state index in [1.807, 2.05) is 43.0 Å². The number of hydrogen-bond donors (Lipinski definition) is 1. The van der Waals surface area contributed by atoms with Gasteiger partial charge < -0.3 is 15.1 Å². The third-order valence-electron chi connectivity index (χ3n) is 4.07. The summed E-state index contributed by atoms with van der Waals surface area (Å²) in [6, 6.07) is 7.88. The van der Waals surface area contributed by atoms with Crippen LogP contribution in [0.2, 0.25) is 5.02 Å². The van der Waals surface area contributed by atoms with E-state index in [0.717, 1.165) is 23.8 Å². The van der Waals surface area contributed by atoms with Crippen LogP contribution < -0.4 is 10.2 Å². The SMILES string of the molecule is CC(C)NC(=O)CN(C)CC(=O)N1CCN(c2cccc(Cl)c2)CC1. The lowest BCUT2D eigenvalue weighted by Gasteiger charge is -2.36. The second kappa shape index (κ2) is 9.06. The zero-order valence-electron chi connectivity index (χ0n) is 15.2. The van der Waals surface area contributed by atoms with E-state index in [1.54, 1.807) is 11.9 Å². The van der Waals surface area contributed by atoms with Crippen molar-refractivity contribution in [1.29, 1.82) is 0 Å². The van der Waals surface area contributed by atoms with Crippen LogP contribution in [0.25, 0.3) is 0 Å². The molecule has 1 aliphatic rings. The Morgan fingerprint density at radius 2 is 1.88 bits per heavy atom. The normalized spacial score (nSPS) is 15.0. The zero-order valence-corrected chi connectivity index (χ0v) is 15.9. The number of nitrogens with zero attached hydrogens (tertiary/aromatic N) is 3. The van der Waals surface area contributed by atoms with Crippen molar-refractivity contribution in [3.8, 4) is 0 Å². The Balaban J connectivity index is 1.78. The van der Waals surface area contributed by atoms with Crippen LogP contribution in [0.3, 0.4) is 0 Å². The van der Waals surface area contributed by atoms with E-state index in [2.05, 4.69) is 10.2 Å². The molecule has 1 fully saturated rings. The van der Waals surface area contributed by atoms with Gasteiger partial charge in [-0.2, -0.15) is 0 Å². The van der Waals surface area contributed by atoms with E-state index in [9.17, 15) is 9.59 Å². The highest BCUT2D eigenvalue weighted by Gasteiger charge is 2.22. The monoisotopic (exact) mass is 366 g/mol. The maximum absolute atomic E-state index is 12.4. The van der Waals surface area contributed by atoms with Crippen LogP contribution >= 0.6 is 11.6 Å². The number of benzene rings is 1. The molecule has 0 unspecified atom stereocenters. The number of amides is 2. The van der Waals surface area contributed by atoms with Crippen LogP contribution in [0.15, 0.2) is 24.3 Å². The second-order valence-electron chi connectivity index (χ2n) is 6.74. The average Bonchev–Trinajstić information content (AvgIpc) is 2.54. The third kappa shape index (κ3) is 6.21. The highest BCUT2D eigenvalue weighted by atomic mass is 35.5. The van der Waals surface area contributed by atoms with E-state index in [-0.39, 0.29) is 30.9 Å². The molecular formula is C18H27ClN4O2. The quantitative estimate of drug-likeness (QED) is 0.827. The summed E-state index contributed by atoms with van der Waals surface area (Å²) in [4.78, 5) is 30.0. The molecule has 7 heteroatoms. The Bertz CT molecular complexity index is 600. The number of carbonyl (C=O) groups is 2. The van der Waals surface area contributed by atoms with Gasteiger partial charge in [0.2, 0.25) is 11.8 Å². The van der Waals surface area contributed by atoms with Crippen LogP contribution in [0.4, 0.5) is 5.69 Å². The number of anilines is 1. The molecule has 0 radical (unpaired) electrons. The fourth-order valence-electron chi connectivity index (χ4n) is 2.89. The molecule has 25 heavy (non-hydrogen) atoms. The minimum absolute atomic E-state index is 0.0592. The van der Waals surface area contributed by atoms with Crippen molar-refractivity contribution in [2.45, 2.75) is 19.9 Å². The standard InChI is InChI=1S/C18H27ClN4O2/c1-14(2)20-17(24)12-21(3)13-18(25)23-9-7-22(8-10-23)16-6-4-5-15(19)11-16/h4-6,11,14H,7-10,12-13H2,1-3H3,(H,20,24). The van der Waals surface area contributed by atoms with Gasteiger partial charge in [0.05, 0.1) is 13.1 Å². The molecule has 1 saturated heterocycles. The number of rotatable bonds is 6. The van der Waals surface area contributed by atoms with Gasteiger partial charge in [0.25, 0.3) is 0 Å². The Labute approximate surface area is 154 Å². The Morgan fingerprint density at radius 1 is 1.20 bits per heavy atom. The topological polar surface area (TPSA) is 55.9 Å². The molecule has 1 aromatic carbocycles. The molecule has 2 amide bonds. The molecule has 6 nitrogen and oxygen atoms in total. The predicted molar refractivity (Wildman–Crippen MR) is 101 cm³/mol. The van der Waals surface area contributed by atoms with E-state index in [1.165, 1.54) is 0 Å². The van der Waals surface area contributed by atoms with Crippen molar-refractivity contribution in [1.82, 2.24) is 15.1 Å². The Hall–Kier alpha value is -1.79. The summed E-state index contributed by atoms with van der Waals surface area (Å²) in [6.45, 7) is 7.24. The maximum atomic E-state index is 12.4. The van der Waals surface area contributed by atoms with Gasteiger partial charge in [-0.15, -0.1) is 0 Å². The molecule has 0 saturated carbocycles. The summed E-state index contributed by atoms with van der Waals surface area (Å²) < 4.78 is 0. The first-order chi connectivity index (χ1) is 11.8. The molecular weight excluding hydrogens is 340 g/mol. The number of likely N-dealkylation sites (N-methyl/N-ethyl adjacent to an activating group) is 1. The number of halogens is 1. The molecule has 0 bridgehead atoms. The van der Waals surface area contributed by atoms with Crippen molar-refractivity contribution in [2.24, 2.45) is 0 Å². The molecule has 138 valence electrons. The lowest BCUT2D eigenvalue weighted by Crippen LogP contribution is -2.51. The molecule has 1 heterocycles. The Morgan fingerprint density at radius 3 is 2.48 bits per heavy atom. The largest absolute Gasteiger partial charge is 0.368 e. The smallest absolute Gasteiger partial charge is 0.236 e. The van der Waals surface area contributed by atoms with Crippen molar-refractivity contribution in [3.05, 3.63) is 29.3 Å². The first-order valence-corrected chi connectivity index (χ1v) is 8.99. The average molecular weight is 367 g/mol. The van der Waals surface area contributed by atoms with Crippen molar-refractivity contribution >= 4 is 29.1 Å². The molecule has 2 rings (SSSR count). The summed E-state index contributed by atoms with van der Waals surface area (Å²) in [5, 5.41) is 3.55. The molecule has 0 atom stereocenters. The van der Waals surface area contributed by atoms with Crippen LogP contribution in [-0.2, 0) is 9.59 Å². The van der Waals surface area contributed by atoms with E-state index >= 15 is 0 Å². The van der Waals surface area contributed by atoms with Crippen molar-refractivity contribution in [3.63, 3.8) is 0 Å². The van der Waals surface area contributed by atoms with Crippen molar-refractivity contribution < 1.29 is 9.59 Å². The lowest BCUT2D eigenvalue weighted by molar-refractivity contribution is -0.133. The van der Waals surface area contributed by atoms with Gasteiger partial charge in [-0.1, -0.05) is 17.7 Å². The van der Waals surface area contributed by atoms with Crippen molar-refractivity contribution in [2.75, 3.05) is 51.2 Å². The minimum atomic E-state index is -0.0592. The van der Waals surface area contributed by atoms with Crippen LogP contribution in [0.5, 0.6) is 0 Å². The number of nitrogens with one attached hydrogen (secondary N) is 1. The fraction of sp³-hybridized carbons (Fsp3) is 0.556. The maximum Gasteiger partial charge on any atom is 0.236 e. The first-order valence-electron chi connectivity index (χ1n) is 8.61. The lowest BCUT2D eigenvalue weighted by atomic mass is 10.2. The van der Waals surface area contributed by atoms with Gasteiger partial charge in [-0.05, 0) is 39.1 Å². The molecule has 0 spiro atoms. The van der Waals surface area contributed by atoms with E-state index in [4.69, 9.17) is 11.6 Å². The molecule has 1 N–H and O–H groups in total. The van der Waals surface area contributed by atoms with E-state index < -0.39 is 0 Å². The summed E-state index contributed by atoms with van der Waals surface area (Å²) in [7, 11) is 1.79. The highest BCUT2D eigenvalue weighted by Crippen LogP contribution is 2.20. The summed E-state index contributed by atoms with van der Waals surface area (Å²) in [5.41, 5.74) is 1.09. The predicted octanol–water partition coefficient (Wildman–Crippen LogP) is 1.44. The number of carbonyl (C=O) groups excluding carboxylic acids is 2. The minimum Gasteiger partial charge on any atom is -0.368 e. The van der Waals surface area contributed by atoms with Crippen LogP contribution in [0.1, 0.15) is 13.8 Å². The Kier molecular flexibility index (Phi) is 7.08. The van der Waals surface area contributed by atoms with Gasteiger partial charge in [0, 0.05) is 42.9 Å². The van der Waals surface area contributed by atoms with E-state index in [0.29, 0.717) is 13.1 Å². The third-order valence-corrected chi connectivity index (χ3v) is 4.31. The fourth-order valence-corrected chi connectivity index (χ4v) is 3.07. The molecule has 1 aromatic rings. The first kappa shape index (κ1) is 19.5. The molecule has 0 aromatic heterocycles. The molecule has 1 aliphatic heterocycles. The van der Waals surface area contributed by atoms with Gasteiger partial charge in [-0.3, -0.25) is 14.5 Å². The van der Waals surface area contributed by atoms with Gasteiger partial charge in [0.15, 0.2) is 0 Å². The second-order valence-corrected chi connectivity index (χ2v) is 7.18. The van der Waals surface area contributed by atoms with Gasteiger partial charge in [0.1, 0.15) is 0 Å². The zero-order chi connectivity index (χ0) is 18.4. The van der Waals surface area contributed by atoms with Crippen LogP contribution in [0, 0.1) is 0 Å². The summed E-state index contributed by atoms with van der Waals surface area (Å²) >= 11 is 6.04. The number of piperazine rings is 1. The summed E-state index contributed by atoms with van der Waals surface area (Å²) in [6.07, 6.45) is 0. The van der Waals surface area contributed by atoms with Gasteiger partial charge in [-0.25, -0.2) is 0 Å². The van der Waals surface area contributed by atoms with Gasteiger partial charge >= 0.3 is 0 Å². The summed E-state index contributed by atoms with van der Waals surface area (Å²) in [5.74, 6) is 0.00154. The number of hydrogen-bond acceptors (Lipinski definition) is 4. The highest BCUT2D eigenvalue weighted by molar-refractivity contribution is 6.30. The molecule has 0 aliphatic carbocycles.